The van der Waals surface area contributed by atoms with Crippen molar-refractivity contribution in [2.45, 2.75) is 32.9 Å². The Kier molecular flexibility index (Phi) is 6.48. The number of carbonyl (C=O) groups excluding carboxylic acids is 3. The molecule has 2 rings (SSSR count). The van der Waals surface area contributed by atoms with Gasteiger partial charge < -0.3 is 14.8 Å². The smallest absolute Gasteiger partial charge is 0.344 e. The lowest BCUT2D eigenvalue weighted by Crippen LogP contribution is -2.32. The summed E-state index contributed by atoms with van der Waals surface area (Å²) in [5.41, 5.74) is 0.505. The molecule has 1 heterocycles. The van der Waals surface area contributed by atoms with E-state index in [4.69, 9.17) is 9.47 Å². The van der Waals surface area contributed by atoms with Crippen LogP contribution < -0.4 is 10.1 Å². The molecule has 138 valence electrons. The zero-order valence-electron chi connectivity index (χ0n) is 14.8. The van der Waals surface area contributed by atoms with E-state index in [9.17, 15) is 14.4 Å². The van der Waals surface area contributed by atoms with Gasteiger partial charge in [0.25, 0.3) is 5.91 Å². The lowest BCUT2D eigenvalue weighted by molar-refractivity contribution is -0.155. The van der Waals surface area contributed by atoms with Crippen molar-refractivity contribution in [2.24, 2.45) is 0 Å². The van der Waals surface area contributed by atoms with Gasteiger partial charge in [-0.1, -0.05) is 0 Å². The Balaban J connectivity index is 1.82. The minimum absolute atomic E-state index is 0.0807. The van der Waals surface area contributed by atoms with Crippen molar-refractivity contribution >= 4 is 24.0 Å². The third-order valence-electron chi connectivity index (χ3n) is 3.46. The molecule has 1 aromatic carbocycles. The second kappa shape index (κ2) is 8.80. The van der Waals surface area contributed by atoms with Gasteiger partial charge in [0.1, 0.15) is 17.9 Å². The first-order valence-corrected chi connectivity index (χ1v) is 8.12. The Hall–Kier alpha value is -3.16. The van der Waals surface area contributed by atoms with Gasteiger partial charge in [-0.05, 0) is 45.0 Å². The predicted molar refractivity (Wildman–Crippen MR) is 94.1 cm³/mol. The summed E-state index contributed by atoms with van der Waals surface area (Å²) < 4.78 is 12.0. The van der Waals surface area contributed by atoms with Gasteiger partial charge in [0.05, 0.1) is 6.20 Å². The van der Waals surface area contributed by atoms with Gasteiger partial charge in [0.15, 0.2) is 12.7 Å². The van der Waals surface area contributed by atoms with Crippen molar-refractivity contribution in [3.63, 3.8) is 0 Å². The summed E-state index contributed by atoms with van der Waals surface area (Å²) >= 11 is 0. The quantitative estimate of drug-likeness (QED) is 0.573. The fourth-order valence-corrected chi connectivity index (χ4v) is 2.12. The van der Waals surface area contributed by atoms with Crippen LogP contribution in [0.15, 0.2) is 36.5 Å². The Morgan fingerprint density at radius 3 is 2.50 bits per heavy atom. The molecule has 0 spiro atoms. The SMILES string of the molecule is CC(C)n1nccc1NC(=O)[C@H](C)OC(=O)COc1ccc(C=O)cc1. The van der Waals surface area contributed by atoms with Crippen molar-refractivity contribution in [2.75, 3.05) is 11.9 Å². The molecule has 0 saturated carbocycles. The number of aldehydes is 1. The number of benzene rings is 1. The number of hydrogen-bond donors (Lipinski definition) is 1. The van der Waals surface area contributed by atoms with E-state index in [0.29, 0.717) is 23.4 Å². The lowest BCUT2D eigenvalue weighted by atomic mass is 10.2. The molecule has 0 saturated heterocycles. The molecular formula is C18H21N3O5. The molecular weight excluding hydrogens is 338 g/mol. The second-order valence-corrected chi connectivity index (χ2v) is 5.85. The Morgan fingerprint density at radius 2 is 1.88 bits per heavy atom. The molecule has 0 aliphatic rings. The number of hydrogen-bond acceptors (Lipinski definition) is 6. The van der Waals surface area contributed by atoms with Crippen LogP contribution in [0.2, 0.25) is 0 Å². The maximum absolute atomic E-state index is 12.2. The molecule has 0 fully saturated rings. The van der Waals surface area contributed by atoms with Crippen LogP contribution in [0.4, 0.5) is 5.82 Å². The van der Waals surface area contributed by atoms with Crippen LogP contribution in [0.5, 0.6) is 5.75 Å². The molecule has 0 bridgehead atoms. The highest BCUT2D eigenvalue weighted by Gasteiger charge is 2.20. The summed E-state index contributed by atoms with van der Waals surface area (Å²) in [5, 5.41) is 6.79. The normalized spacial score (nSPS) is 11.7. The molecule has 1 N–H and O–H groups in total. The first-order chi connectivity index (χ1) is 12.4. The molecule has 26 heavy (non-hydrogen) atoms. The number of rotatable bonds is 8. The van der Waals surface area contributed by atoms with Crippen LogP contribution in [0.3, 0.4) is 0 Å². The van der Waals surface area contributed by atoms with E-state index in [1.165, 1.54) is 6.92 Å². The van der Waals surface area contributed by atoms with Gasteiger partial charge in [-0.25, -0.2) is 9.48 Å². The predicted octanol–water partition coefficient (Wildman–Crippen LogP) is 2.23. The third kappa shape index (κ3) is 5.17. The summed E-state index contributed by atoms with van der Waals surface area (Å²) in [6.07, 6.45) is 1.30. The number of esters is 1. The van der Waals surface area contributed by atoms with Crippen LogP contribution in [0, 0.1) is 0 Å². The third-order valence-corrected chi connectivity index (χ3v) is 3.46. The fourth-order valence-electron chi connectivity index (χ4n) is 2.12. The number of ether oxygens (including phenoxy) is 2. The van der Waals surface area contributed by atoms with Crippen LogP contribution in [-0.2, 0) is 14.3 Å². The molecule has 2 aromatic rings. The van der Waals surface area contributed by atoms with Crippen molar-refractivity contribution in [1.82, 2.24) is 9.78 Å². The molecule has 1 atom stereocenters. The van der Waals surface area contributed by atoms with Crippen molar-refractivity contribution in [1.29, 1.82) is 0 Å². The highest BCUT2D eigenvalue weighted by Crippen LogP contribution is 2.14. The van der Waals surface area contributed by atoms with E-state index in [-0.39, 0.29) is 12.6 Å². The number of carbonyl (C=O) groups is 3. The zero-order chi connectivity index (χ0) is 19.1. The number of anilines is 1. The Labute approximate surface area is 151 Å². The molecule has 0 aliphatic heterocycles. The van der Waals surface area contributed by atoms with Gasteiger partial charge >= 0.3 is 5.97 Å². The Morgan fingerprint density at radius 1 is 1.19 bits per heavy atom. The summed E-state index contributed by atoms with van der Waals surface area (Å²) in [6, 6.07) is 8.03. The van der Waals surface area contributed by atoms with E-state index in [2.05, 4.69) is 10.4 Å². The minimum Gasteiger partial charge on any atom is -0.482 e. The number of amides is 1. The zero-order valence-corrected chi connectivity index (χ0v) is 14.8. The minimum atomic E-state index is -0.987. The molecule has 1 aromatic heterocycles. The molecule has 0 radical (unpaired) electrons. The standard InChI is InChI=1S/C18H21N3O5/c1-12(2)21-16(8-9-19-21)20-18(24)13(3)26-17(23)11-25-15-6-4-14(10-22)5-7-15/h4-10,12-13H,11H2,1-3H3,(H,20,24)/t13-/m0/s1. The van der Waals surface area contributed by atoms with Gasteiger partial charge in [0, 0.05) is 17.7 Å². The number of nitrogens with one attached hydrogen (secondary N) is 1. The van der Waals surface area contributed by atoms with Gasteiger partial charge in [0.2, 0.25) is 0 Å². The van der Waals surface area contributed by atoms with Crippen LogP contribution in [0.25, 0.3) is 0 Å². The summed E-state index contributed by atoms with van der Waals surface area (Å²) in [5.74, 6) is -0.189. The average molecular weight is 359 g/mol. The summed E-state index contributed by atoms with van der Waals surface area (Å²) in [4.78, 5) is 34.6. The largest absolute Gasteiger partial charge is 0.482 e. The topological polar surface area (TPSA) is 99.5 Å². The molecule has 0 unspecified atom stereocenters. The van der Waals surface area contributed by atoms with E-state index >= 15 is 0 Å². The van der Waals surface area contributed by atoms with Crippen LogP contribution >= 0.6 is 0 Å². The highest BCUT2D eigenvalue weighted by molar-refractivity contribution is 5.94. The molecule has 0 aliphatic carbocycles. The first-order valence-electron chi connectivity index (χ1n) is 8.12. The average Bonchev–Trinajstić information content (AvgIpc) is 3.08. The fraction of sp³-hybridized carbons (Fsp3) is 0.333. The van der Waals surface area contributed by atoms with Crippen molar-refractivity contribution < 1.29 is 23.9 Å². The van der Waals surface area contributed by atoms with Crippen LogP contribution in [0.1, 0.15) is 37.2 Å². The van der Waals surface area contributed by atoms with Crippen molar-refractivity contribution in [3.8, 4) is 5.75 Å². The number of nitrogens with zero attached hydrogens (tertiary/aromatic N) is 2. The van der Waals surface area contributed by atoms with E-state index in [1.54, 1.807) is 41.2 Å². The molecule has 8 nitrogen and oxygen atoms in total. The van der Waals surface area contributed by atoms with Crippen LogP contribution in [-0.4, -0.2) is 40.7 Å². The number of aromatic nitrogens is 2. The monoisotopic (exact) mass is 359 g/mol. The molecule has 1 amide bonds. The maximum atomic E-state index is 12.2. The van der Waals surface area contributed by atoms with E-state index in [0.717, 1.165) is 0 Å². The second-order valence-electron chi connectivity index (χ2n) is 5.85. The highest BCUT2D eigenvalue weighted by atomic mass is 16.6. The summed E-state index contributed by atoms with van der Waals surface area (Å²) in [6.45, 7) is 5.00. The maximum Gasteiger partial charge on any atom is 0.344 e. The van der Waals surface area contributed by atoms with E-state index in [1.807, 2.05) is 13.8 Å². The Bertz CT molecular complexity index is 767. The summed E-state index contributed by atoms with van der Waals surface area (Å²) in [7, 11) is 0. The lowest BCUT2D eigenvalue weighted by Gasteiger charge is -2.16. The molecule has 8 heteroatoms. The van der Waals surface area contributed by atoms with Gasteiger partial charge in [-0.3, -0.25) is 9.59 Å². The first kappa shape index (κ1) is 19.2. The van der Waals surface area contributed by atoms with E-state index < -0.39 is 18.0 Å². The van der Waals surface area contributed by atoms with Crippen molar-refractivity contribution in [3.05, 3.63) is 42.1 Å². The van der Waals surface area contributed by atoms with Gasteiger partial charge in [-0.2, -0.15) is 5.10 Å². The van der Waals surface area contributed by atoms with Gasteiger partial charge in [-0.15, -0.1) is 0 Å².